The number of alkyl halides is 6. The van der Waals surface area contributed by atoms with Gasteiger partial charge in [0.05, 0.1) is 38.5 Å². The summed E-state index contributed by atoms with van der Waals surface area (Å²) in [5, 5.41) is 0. The van der Waals surface area contributed by atoms with Gasteiger partial charge in [0.1, 0.15) is 0 Å². The summed E-state index contributed by atoms with van der Waals surface area (Å²) in [7, 11) is 4.02. The van der Waals surface area contributed by atoms with E-state index in [0.717, 1.165) is 24.1 Å². The van der Waals surface area contributed by atoms with Crippen LogP contribution >= 0.6 is 0 Å². The Kier molecular flexibility index (Phi) is 8.62. The van der Waals surface area contributed by atoms with Crippen molar-refractivity contribution >= 4 is 11.8 Å². The van der Waals surface area contributed by atoms with E-state index in [-0.39, 0.29) is 17.7 Å². The monoisotopic (exact) mass is 548 g/mol. The van der Waals surface area contributed by atoms with E-state index in [9.17, 15) is 31.1 Å². The molecule has 0 radical (unpaired) electrons. The molecule has 12 heteroatoms. The summed E-state index contributed by atoms with van der Waals surface area (Å²) in [6.45, 7) is 4.07. The van der Waals surface area contributed by atoms with Crippen molar-refractivity contribution in [3.05, 3.63) is 52.6 Å². The van der Waals surface area contributed by atoms with Crippen molar-refractivity contribution in [2.75, 3.05) is 32.8 Å². The van der Waals surface area contributed by atoms with Crippen LogP contribution in [0.5, 0.6) is 11.5 Å². The molecular weight excluding hydrogens is 518 g/mol. The first-order valence-corrected chi connectivity index (χ1v) is 11.9. The Bertz CT molecular complexity index is 1120. The molecule has 38 heavy (non-hydrogen) atoms. The second-order valence-corrected chi connectivity index (χ2v) is 9.07. The van der Waals surface area contributed by atoms with Gasteiger partial charge in [-0.3, -0.25) is 4.90 Å². The molecule has 210 valence electrons. The van der Waals surface area contributed by atoms with E-state index in [2.05, 4.69) is 4.90 Å². The number of rotatable bonds is 7. The number of carbonyl (C=O) groups excluding carboxylic acids is 1. The highest BCUT2D eigenvalue weighted by atomic mass is 19.4. The molecule has 0 N–H and O–H groups in total. The lowest BCUT2D eigenvalue weighted by Crippen LogP contribution is -2.45. The van der Waals surface area contributed by atoms with Crippen LogP contribution in [0.15, 0.2) is 30.3 Å². The number of carbonyl (C=O) groups is 1. The standard InChI is InChI=1S/C26H30F6N2O4/c1-6-7-33-15(2)8-20(19-12-22(36-3)23(37-4)13-21(19)33)34(24(35)38-5)14-16-9-17(25(27,28)29)11-18(10-16)26(30,31)32/h9-13,15,20H,6-8,14H2,1-5H3/t15-,20+/m0/s1. The number of ether oxygens (including phenoxy) is 3. The van der Waals surface area contributed by atoms with Gasteiger partial charge in [0.25, 0.3) is 0 Å². The fourth-order valence-electron chi connectivity index (χ4n) is 4.82. The Labute approximate surface area is 217 Å². The predicted octanol–water partition coefficient (Wildman–Crippen LogP) is 7.06. The van der Waals surface area contributed by atoms with Gasteiger partial charge in [0.15, 0.2) is 11.5 Å². The number of anilines is 1. The van der Waals surface area contributed by atoms with Crippen molar-refractivity contribution in [3.8, 4) is 11.5 Å². The predicted molar refractivity (Wildman–Crippen MR) is 128 cm³/mol. The first-order valence-electron chi connectivity index (χ1n) is 11.9. The number of hydrogen-bond donors (Lipinski definition) is 0. The molecule has 1 heterocycles. The number of amides is 1. The van der Waals surface area contributed by atoms with Gasteiger partial charge in [0.2, 0.25) is 0 Å². The summed E-state index contributed by atoms with van der Waals surface area (Å²) in [6.07, 6.45) is -9.75. The number of benzene rings is 2. The highest BCUT2D eigenvalue weighted by Gasteiger charge is 2.40. The summed E-state index contributed by atoms with van der Waals surface area (Å²) < 4.78 is 96.6. The summed E-state index contributed by atoms with van der Waals surface area (Å²) in [6, 6.07) is 3.88. The first-order chi connectivity index (χ1) is 17.7. The molecule has 2 aromatic rings. The number of fused-ring (bicyclic) bond motifs is 1. The van der Waals surface area contributed by atoms with E-state index in [1.807, 2.05) is 13.8 Å². The van der Waals surface area contributed by atoms with Crippen LogP contribution in [0, 0.1) is 0 Å². The van der Waals surface area contributed by atoms with Crippen LogP contribution in [0.3, 0.4) is 0 Å². The summed E-state index contributed by atoms with van der Waals surface area (Å²) in [5.74, 6) is 0.808. The Morgan fingerprint density at radius 3 is 1.97 bits per heavy atom. The van der Waals surface area contributed by atoms with Gasteiger partial charge < -0.3 is 19.1 Å². The van der Waals surface area contributed by atoms with Crippen LogP contribution in [0.2, 0.25) is 0 Å². The topological polar surface area (TPSA) is 51.2 Å². The van der Waals surface area contributed by atoms with Crippen LogP contribution < -0.4 is 14.4 Å². The van der Waals surface area contributed by atoms with Crippen LogP contribution in [0.4, 0.5) is 36.8 Å². The molecule has 0 spiro atoms. The molecule has 1 amide bonds. The van der Waals surface area contributed by atoms with Gasteiger partial charge >= 0.3 is 18.4 Å². The Hall–Kier alpha value is -3.31. The largest absolute Gasteiger partial charge is 0.493 e. The Morgan fingerprint density at radius 1 is 0.947 bits per heavy atom. The first kappa shape index (κ1) is 29.2. The minimum absolute atomic E-state index is 0.0593. The lowest BCUT2D eigenvalue weighted by atomic mass is 9.89. The summed E-state index contributed by atoms with van der Waals surface area (Å²) in [5.41, 5.74) is -1.90. The van der Waals surface area contributed by atoms with Crippen molar-refractivity contribution in [2.24, 2.45) is 0 Å². The molecule has 0 aromatic heterocycles. The maximum absolute atomic E-state index is 13.5. The molecule has 0 aliphatic carbocycles. The molecular formula is C26H30F6N2O4. The smallest absolute Gasteiger partial charge is 0.416 e. The second kappa shape index (κ2) is 11.2. The quantitative estimate of drug-likeness (QED) is 0.347. The molecule has 3 rings (SSSR count). The Morgan fingerprint density at radius 2 is 1.50 bits per heavy atom. The van der Waals surface area contributed by atoms with Crippen molar-refractivity contribution in [2.45, 2.75) is 57.7 Å². The third-order valence-corrected chi connectivity index (χ3v) is 6.55. The number of nitrogens with zero attached hydrogens (tertiary/aromatic N) is 2. The second-order valence-electron chi connectivity index (χ2n) is 9.07. The molecule has 6 nitrogen and oxygen atoms in total. The molecule has 0 bridgehead atoms. The average Bonchev–Trinajstić information content (AvgIpc) is 2.86. The number of halogens is 6. The molecule has 0 unspecified atom stereocenters. The normalized spacial score (nSPS) is 17.6. The molecule has 2 atom stereocenters. The van der Waals surface area contributed by atoms with E-state index < -0.39 is 42.2 Å². The van der Waals surface area contributed by atoms with Crippen LogP contribution in [0.25, 0.3) is 0 Å². The molecule has 0 saturated heterocycles. The molecule has 2 aromatic carbocycles. The molecule has 0 saturated carbocycles. The van der Waals surface area contributed by atoms with E-state index >= 15 is 0 Å². The summed E-state index contributed by atoms with van der Waals surface area (Å²) >= 11 is 0. The van der Waals surface area contributed by atoms with Crippen LogP contribution in [-0.4, -0.2) is 44.9 Å². The van der Waals surface area contributed by atoms with E-state index in [1.54, 1.807) is 12.1 Å². The average molecular weight is 549 g/mol. The molecule has 0 fully saturated rings. The third kappa shape index (κ3) is 6.05. The zero-order chi connectivity index (χ0) is 28.4. The zero-order valence-corrected chi connectivity index (χ0v) is 21.7. The van der Waals surface area contributed by atoms with Crippen LogP contribution in [-0.2, 0) is 23.6 Å². The zero-order valence-electron chi connectivity index (χ0n) is 21.7. The Balaban J connectivity index is 2.17. The lowest BCUT2D eigenvalue weighted by molar-refractivity contribution is -0.143. The molecule has 1 aliphatic rings. The van der Waals surface area contributed by atoms with Gasteiger partial charge in [-0.2, -0.15) is 26.3 Å². The summed E-state index contributed by atoms with van der Waals surface area (Å²) in [4.78, 5) is 16.2. The minimum atomic E-state index is -5.01. The molecule has 1 aliphatic heterocycles. The van der Waals surface area contributed by atoms with Crippen molar-refractivity contribution in [1.29, 1.82) is 0 Å². The minimum Gasteiger partial charge on any atom is -0.493 e. The number of hydrogen-bond acceptors (Lipinski definition) is 5. The van der Waals surface area contributed by atoms with Gasteiger partial charge in [0, 0.05) is 36.4 Å². The fraction of sp³-hybridized carbons (Fsp3) is 0.500. The highest BCUT2D eigenvalue weighted by Crippen LogP contribution is 2.46. The number of methoxy groups -OCH3 is 3. The van der Waals surface area contributed by atoms with Gasteiger partial charge in [-0.05, 0) is 49.6 Å². The SMILES string of the molecule is CCCN1c2cc(OC)c(OC)cc2[C@H](N(Cc2cc(C(F)(F)F)cc(C(F)(F)F)c2)C(=O)OC)C[C@@H]1C. The van der Waals surface area contributed by atoms with E-state index in [4.69, 9.17) is 14.2 Å². The van der Waals surface area contributed by atoms with Gasteiger partial charge in [-0.15, -0.1) is 0 Å². The van der Waals surface area contributed by atoms with Gasteiger partial charge in [-0.1, -0.05) is 6.92 Å². The maximum atomic E-state index is 13.5. The van der Waals surface area contributed by atoms with E-state index in [1.165, 1.54) is 14.2 Å². The van der Waals surface area contributed by atoms with Crippen molar-refractivity contribution in [1.82, 2.24) is 4.90 Å². The van der Waals surface area contributed by atoms with Crippen molar-refractivity contribution < 1.29 is 45.3 Å². The lowest BCUT2D eigenvalue weighted by Gasteiger charge is -2.44. The van der Waals surface area contributed by atoms with Gasteiger partial charge in [-0.25, -0.2) is 4.79 Å². The van der Waals surface area contributed by atoms with Crippen molar-refractivity contribution in [3.63, 3.8) is 0 Å². The van der Waals surface area contributed by atoms with Crippen LogP contribution in [0.1, 0.15) is 55.0 Å². The van der Waals surface area contributed by atoms with E-state index in [0.29, 0.717) is 42.2 Å². The third-order valence-electron chi connectivity index (χ3n) is 6.55. The fourth-order valence-corrected chi connectivity index (χ4v) is 4.82. The maximum Gasteiger partial charge on any atom is 0.416 e. The highest BCUT2D eigenvalue weighted by molar-refractivity contribution is 5.71.